The van der Waals surface area contributed by atoms with E-state index in [9.17, 15) is 4.79 Å². The molecule has 1 unspecified atom stereocenters. The van der Waals surface area contributed by atoms with Gasteiger partial charge >= 0.3 is 6.03 Å². The molecule has 0 bridgehead atoms. The van der Waals surface area contributed by atoms with E-state index in [0.717, 1.165) is 0 Å². The Morgan fingerprint density at radius 3 is 2.94 bits per heavy atom. The van der Waals surface area contributed by atoms with Crippen LogP contribution in [0.15, 0.2) is 24.3 Å². The monoisotopic (exact) mass is 237 g/mol. The second-order valence-electron chi connectivity index (χ2n) is 3.78. The van der Waals surface area contributed by atoms with Crippen molar-refractivity contribution in [2.75, 3.05) is 24.3 Å². The molecule has 0 aliphatic carbocycles. The van der Waals surface area contributed by atoms with Gasteiger partial charge in [0.15, 0.2) is 0 Å². The summed E-state index contributed by atoms with van der Waals surface area (Å²) in [6, 6.07) is 6.74. The fraction of sp³-hybridized carbons (Fsp3) is 0.417. The molecular formula is C12H19N3O2. The molecule has 1 aromatic carbocycles. The zero-order chi connectivity index (χ0) is 12.7. The Balaban J connectivity index is 2.39. The minimum absolute atomic E-state index is 0.0315. The van der Waals surface area contributed by atoms with Crippen molar-refractivity contribution in [3.63, 3.8) is 0 Å². The van der Waals surface area contributed by atoms with E-state index in [1.807, 2.05) is 13.8 Å². The summed E-state index contributed by atoms with van der Waals surface area (Å²) in [4.78, 5) is 11.6. The molecular weight excluding hydrogens is 218 g/mol. The van der Waals surface area contributed by atoms with Crippen LogP contribution in [0.25, 0.3) is 0 Å². The van der Waals surface area contributed by atoms with Gasteiger partial charge in [0, 0.05) is 18.0 Å². The number of ether oxygens (including phenoxy) is 1. The van der Waals surface area contributed by atoms with Gasteiger partial charge in [0.25, 0.3) is 0 Å². The first-order chi connectivity index (χ1) is 8.11. The SMILES string of the molecule is CCOCC(C)NC(=O)Nc1cccc(N)c1. The van der Waals surface area contributed by atoms with Crippen molar-refractivity contribution in [1.29, 1.82) is 0 Å². The standard InChI is InChI=1S/C12H19N3O2/c1-3-17-8-9(2)14-12(16)15-11-6-4-5-10(13)7-11/h4-7,9H,3,8,13H2,1-2H3,(H2,14,15,16). The molecule has 17 heavy (non-hydrogen) atoms. The highest BCUT2D eigenvalue weighted by Gasteiger charge is 2.07. The molecule has 0 spiro atoms. The van der Waals surface area contributed by atoms with E-state index in [4.69, 9.17) is 10.5 Å². The van der Waals surface area contributed by atoms with E-state index in [1.165, 1.54) is 0 Å². The number of hydrogen-bond acceptors (Lipinski definition) is 3. The number of nitrogens with two attached hydrogens (primary N) is 1. The molecule has 0 fully saturated rings. The molecule has 0 aromatic heterocycles. The molecule has 0 aliphatic rings. The van der Waals surface area contributed by atoms with Crippen molar-refractivity contribution < 1.29 is 9.53 Å². The maximum absolute atomic E-state index is 11.6. The predicted octanol–water partition coefficient (Wildman–Crippen LogP) is 1.82. The molecule has 4 N–H and O–H groups in total. The van der Waals surface area contributed by atoms with Gasteiger partial charge in [-0.2, -0.15) is 0 Å². The lowest BCUT2D eigenvalue weighted by molar-refractivity contribution is 0.129. The van der Waals surface area contributed by atoms with E-state index in [2.05, 4.69) is 10.6 Å². The van der Waals surface area contributed by atoms with Gasteiger partial charge in [-0.05, 0) is 32.0 Å². The molecule has 94 valence electrons. The van der Waals surface area contributed by atoms with Crippen LogP contribution in [0, 0.1) is 0 Å². The fourth-order valence-electron chi connectivity index (χ4n) is 1.34. The minimum Gasteiger partial charge on any atom is -0.399 e. The molecule has 2 amide bonds. The van der Waals surface area contributed by atoms with E-state index < -0.39 is 0 Å². The molecule has 1 rings (SSSR count). The van der Waals surface area contributed by atoms with Gasteiger partial charge in [-0.15, -0.1) is 0 Å². The summed E-state index contributed by atoms with van der Waals surface area (Å²) in [5.41, 5.74) is 6.90. The van der Waals surface area contributed by atoms with Crippen molar-refractivity contribution in [1.82, 2.24) is 5.32 Å². The zero-order valence-corrected chi connectivity index (χ0v) is 10.2. The van der Waals surface area contributed by atoms with Crippen molar-refractivity contribution in [2.45, 2.75) is 19.9 Å². The zero-order valence-electron chi connectivity index (χ0n) is 10.2. The Bertz CT molecular complexity index is 369. The van der Waals surface area contributed by atoms with Crippen LogP contribution in [0.5, 0.6) is 0 Å². The first-order valence-electron chi connectivity index (χ1n) is 5.62. The Morgan fingerprint density at radius 2 is 2.29 bits per heavy atom. The Hall–Kier alpha value is -1.75. The summed E-state index contributed by atoms with van der Waals surface area (Å²) in [7, 11) is 0. The molecule has 5 heteroatoms. The third-order valence-electron chi connectivity index (χ3n) is 2.09. The normalized spacial score (nSPS) is 11.9. The minimum atomic E-state index is -0.261. The molecule has 5 nitrogen and oxygen atoms in total. The predicted molar refractivity (Wildman–Crippen MR) is 69.0 cm³/mol. The highest BCUT2D eigenvalue weighted by atomic mass is 16.5. The lowest BCUT2D eigenvalue weighted by Crippen LogP contribution is -2.38. The number of amides is 2. The fourth-order valence-corrected chi connectivity index (χ4v) is 1.34. The highest BCUT2D eigenvalue weighted by Crippen LogP contribution is 2.11. The number of carbonyl (C=O) groups excluding carboxylic acids is 1. The number of benzene rings is 1. The van der Waals surface area contributed by atoms with E-state index >= 15 is 0 Å². The third kappa shape index (κ3) is 5.21. The molecule has 1 aromatic rings. The van der Waals surface area contributed by atoms with Crippen LogP contribution in [0.3, 0.4) is 0 Å². The summed E-state index contributed by atoms with van der Waals surface area (Å²) in [5, 5.41) is 5.47. The number of rotatable bonds is 5. The third-order valence-corrected chi connectivity index (χ3v) is 2.09. The maximum atomic E-state index is 11.6. The Labute approximate surface area is 101 Å². The molecule has 0 saturated carbocycles. The van der Waals surface area contributed by atoms with Crippen LogP contribution in [0.1, 0.15) is 13.8 Å². The van der Waals surface area contributed by atoms with Gasteiger partial charge in [-0.3, -0.25) is 0 Å². The van der Waals surface area contributed by atoms with Crippen molar-refractivity contribution in [3.05, 3.63) is 24.3 Å². The van der Waals surface area contributed by atoms with Crippen LogP contribution in [0.4, 0.5) is 16.2 Å². The van der Waals surface area contributed by atoms with E-state index in [0.29, 0.717) is 24.6 Å². The maximum Gasteiger partial charge on any atom is 0.319 e. The van der Waals surface area contributed by atoms with Crippen LogP contribution in [0.2, 0.25) is 0 Å². The Morgan fingerprint density at radius 1 is 1.53 bits per heavy atom. The molecule has 1 atom stereocenters. The molecule has 0 aliphatic heterocycles. The lowest BCUT2D eigenvalue weighted by Gasteiger charge is -2.14. The van der Waals surface area contributed by atoms with Gasteiger partial charge in [-0.25, -0.2) is 4.79 Å². The van der Waals surface area contributed by atoms with Gasteiger partial charge < -0.3 is 21.1 Å². The Kier molecular flexibility index (Phi) is 5.29. The summed E-state index contributed by atoms with van der Waals surface area (Å²) >= 11 is 0. The number of carbonyl (C=O) groups is 1. The number of nitrogen functional groups attached to an aromatic ring is 1. The van der Waals surface area contributed by atoms with Crippen LogP contribution < -0.4 is 16.4 Å². The van der Waals surface area contributed by atoms with Gasteiger partial charge in [0.2, 0.25) is 0 Å². The van der Waals surface area contributed by atoms with Crippen molar-refractivity contribution in [2.24, 2.45) is 0 Å². The summed E-state index contributed by atoms with van der Waals surface area (Å²) in [5.74, 6) is 0. The van der Waals surface area contributed by atoms with Gasteiger partial charge in [-0.1, -0.05) is 6.07 Å². The van der Waals surface area contributed by atoms with Crippen LogP contribution >= 0.6 is 0 Å². The van der Waals surface area contributed by atoms with Gasteiger partial charge in [0.05, 0.1) is 12.6 Å². The van der Waals surface area contributed by atoms with Crippen molar-refractivity contribution in [3.8, 4) is 0 Å². The average molecular weight is 237 g/mol. The van der Waals surface area contributed by atoms with Crippen LogP contribution in [-0.2, 0) is 4.74 Å². The first-order valence-corrected chi connectivity index (χ1v) is 5.62. The highest BCUT2D eigenvalue weighted by molar-refractivity contribution is 5.89. The topological polar surface area (TPSA) is 76.4 Å². The van der Waals surface area contributed by atoms with Crippen LogP contribution in [-0.4, -0.2) is 25.3 Å². The average Bonchev–Trinajstić information content (AvgIpc) is 2.26. The second-order valence-corrected chi connectivity index (χ2v) is 3.78. The number of nitrogens with one attached hydrogen (secondary N) is 2. The second kappa shape index (κ2) is 6.75. The number of hydrogen-bond donors (Lipinski definition) is 3. The first kappa shape index (κ1) is 13.3. The summed E-state index contributed by atoms with van der Waals surface area (Å²) in [6.45, 7) is 4.94. The summed E-state index contributed by atoms with van der Waals surface area (Å²) < 4.78 is 5.20. The molecule has 0 radical (unpaired) electrons. The largest absolute Gasteiger partial charge is 0.399 e. The number of anilines is 2. The molecule has 0 saturated heterocycles. The smallest absolute Gasteiger partial charge is 0.319 e. The number of urea groups is 1. The van der Waals surface area contributed by atoms with Crippen molar-refractivity contribution >= 4 is 17.4 Å². The lowest BCUT2D eigenvalue weighted by atomic mass is 10.3. The quantitative estimate of drug-likeness (QED) is 0.684. The van der Waals surface area contributed by atoms with E-state index in [1.54, 1.807) is 24.3 Å². The molecule has 0 heterocycles. The van der Waals surface area contributed by atoms with Gasteiger partial charge in [0.1, 0.15) is 0 Å². The van der Waals surface area contributed by atoms with E-state index in [-0.39, 0.29) is 12.1 Å². The summed E-state index contributed by atoms with van der Waals surface area (Å²) in [6.07, 6.45) is 0.